The number of nitrogens with one attached hydrogen (secondary N) is 2. The third-order valence-corrected chi connectivity index (χ3v) is 6.39. The van der Waals surface area contributed by atoms with E-state index in [-0.39, 0.29) is 23.4 Å². The number of pyridine rings is 1. The Hall–Kier alpha value is -3.77. The Morgan fingerprint density at radius 2 is 1.88 bits per heavy atom. The molecule has 3 unspecified atom stereocenters. The maximum absolute atomic E-state index is 14.2. The largest absolute Gasteiger partial charge is 0.433 e. The number of alkyl halides is 3. The number of piperidine rings is 1. The van der Waals surface area contributed by atoms with Gasteiger partial charge in [0.2, 0.25) is 5.91 Å². The second-order valence-corrected chi connectivity index (χ2v) is 8.40. The van der Waals surface area contributed by atoms with Crippen molar-refractivity contribution in [1.29, 1.82) is 0 Å². The summed E-state index contributed by atoms with van der Waals surface area (Å²) in [5.41, 5.74) is -1.09. The fourth-order valence-electron chi connectivity index (χ4n) is 4.97. The number of aromatic nitrogens is 6. The van der Waals surface area contributed by atoms with Gasteiger partial charge in [-0.1, -0.05) is 6.42 Å². The van der Waals surface area contributed by atoms with Crippen molar-refractivity contribution in [2.75, 3.05) is 11.9 Å². The molecule has 5 rings (SSSR count). The van der Waals surface area contributed by atoms with Crippen molar-refractivity contribution in [3.05, 3.63) is 48.3 Å². The van der Waals surface area contributed by atoms with E-state index >= 15 is 0 Å². The molecular formula is C21H21F3N8O2. The third-order valence-electron chi connectivity index (χ3n) is 6.39. The number of hydrogen-bond acceptors (Lipinski definition) is 6. The normalized spacial score (nSPS) is 22.7. The predicted molar refractivity (Wildman–Crippen MR) is 112 cm³/mol. The molecule has 3 aromatic rings. The minimum absolute atomic E-state index is 0.126. The average molecular weight is 474 g/mol. The Bertz CT molecular complexity index is 1210. The Morgan fingerprint density at radius 1 is 1.09 bits per heavy atom. The number of carbonyl (C=O) groups excluding carboxylic acids is 2. The Kier molecular flexibility index (Phi) is 5.54. The van der Waals surface area contributed by atoms with E-state index in [0.717, 1.165) is 10.9 Å². The van der Waals surface area contributed by atoms with Crippen LogP contribution in [0.5, 0.6) is 0 Å². The molecule has 3 atom stereocenters. The fraction of sp³-hybridized carbons (Fsp3) is 0.429. The third kappa shape index (κ3) is 4.01. The minimum atomic E-state index is -4.81. The van der Waals surface area contributed by atoms with Crippen molar-refractivity contribution < 1.29 is 22.8 Å². The highest BCUT2D eigenvalue weighted by Gasteiger charge is 2.46. The zero-order valence-electron chi connectivity index (χ0n) is 17.9. The van der Waals surface area contributed by atoms with Gasteiger partial charge in [0.1, 0.15) is 5.69 Å². The van der Waals surface area contributed by atoms with Gasteiger partial charge in [-0.2, -0.15) is 28.5 Å². The van der Waals surface area contributed by atoms with Gasteiger partial charge in [0.25, 0.3) is 5.91 Å². The van der Waals surface area contributed by atoms with Gasteiger partial charge in [-0.15, -0.1) is 4.80 Å². The second kappa shape index (κ2) is 8.54. The molecule has 178 valence electrons. The summed E-state index contributed by atoms with van der Waals surface area (Å²) < 4.78 is 43.5. The van der Waals surface area contributed by atoms with Gasteiger partial charge >= 0.3 is 6.18 Å². The SMILES string of the molecule is O=C(Nc1cncc(-n2nccn2)c1)c1cnn(C2CCCC3C(=O)NCCC32)c1C(F)(F)F. The molecule has 1 saturated heterocycles. The number of nitrogens with zero attached hydrogens (tertiary/aromatic N) is 6. The van der Waals surface area contributed by atoms with Gasteiger partial charge in [0, 0.05) is 12.5 Å². The molecule has 1 saturated carbocycles. The van der Waals surface area contributed by atoms with E-state index in [0.29, 0.717) is 37.9 Å². The first-order valence-electron chi connectivity index (χ1n) is 10.9. The molecule has 2 amide bonds. The van der Waals surface area contributed by atoms with Crippen LogP contribution in [0, 0.1) is 11.8 Å². The Labute approximate surface area is 191 Å². The lowest BCUT2D eigenvalue weighted by atomic mass is 9.72. The van der Waals surface area contributed by atoms with Crippen molar-refractivity contribution in [2.45, 2.75) is 37.9 Å². The number of fused-ring (bicyclic) bond motifs is 1. The number of amides is 2. The van der Waals surface area contributed by atoms with E-state index in [1.807, 2.05) is 0 Å². The highest BCUT2D eigenvalue weighted by molar-refractivity contribution is 6.05. The molecule has 3 aromatic heterocycles. The number of hydrogen-bond donors (Lipinski definition) is 2. The average Bonchev–Trinajstić information content (AvgIpc) is 3.50. The summed E-state index contributed by atoms with van der Waals surface area (Å²) in [6.45, 7) is 0.418. The molecule has 1 aliphatic carbocycles. The van der Waals surface area contributed by atoms with E-state index in [2.05, 4.69) is 30.9 Å². The molecule has 10 nitrogen and oxygen atoms in total. The lowest BCUT2D eigenvalue weighted by Gasteiger charge is -2.41. The van der Waals surface area contributed by atoms with E-state index in [1.54, 1.807) is 0 Å². The van der Waals surface area contributed by atoms with Gasteiger partial charge in [0.05, 0.1) is 48.3 Å². The zero-order valence-corrected chi connectivity index (χ0v) is 17.9. The second-order valence-electron chi connectivity index (χ2n) is 8.40. The van der Waals surface area contributed by atoms with Crippen molar-refractivity contribution in [3.8, 4) is 5.69 Å². The van der Waals surface area contributed by atoms with Crippen LogP contribution in [0.1, 0.15) is 47.8 Å². The fourth-order valence-corrected chi connectivity index (χ4v) is 4.97. The van der Waals surface area contributed by atoms with Crippen molar-refractivity contribution in [1.82, 2.24) is 35.1 Å². The van der Waals surface area contributed by atoms with E-state index in [9.17, 15) is 22.8 Å². The van der Waals surface area contributed by atoms with Gasteiger partial charge in [0.15, 0.2) is 5.69 Å². The van der Waals surface area contributed by atoms with Crippen LogP contribution in [0.25, 0.3) is 5.69 Å². The van der Waals surface area contributed by atoms with E-state index < -0.39 is 29.4 Å². The molecule has 34 heavy (non-hydrogen) atoms. The predicted octanol–water partition coefficient (Wildman–Crippen LogP) is 2.61. The lowest BCUT2D eigenvalue weighted by Crippen LogP contribution is -2.47. The van der Waals surface area contributed by atoms with E-state index in [1.165, 1.54) is 35.7 Å². The van der Waals surface area contributed by atoms with Gasteiger partial charge in [-0.3, -0.25) is 19.3 Å². The van der Waals surface area contributed by atoms with Crippen LogP contribution in [0.15, 0.2) is 37.1 Å². The summed E-state index contributed by atoms with van der Waals surface area (Å²) in [4.78, 5) is 30.4. The van der Waals surface area contributed by atoms with Crippen LogP contribution < -0.4 is 10.6 Å². The summed E-state index contributed by atoms with van der Waals surface area (Å²) in [6.07, 6.45) is 4.09. The highest BCUT2D eigenvalue weighted by Crippen LogP contribution is 2.44. The number of anilines is 1. The van der Waals surface area contributed by atoms with Gasteiger partial charge < -0.3 is 10.6 Å². The van der Waals surface area contributed by atoms with E-state index in [4.69, 9.17) is 0 Å². The summed E-state index contributed by atoms with van der Waals surface area (Å²) in [5.74, 6) is -1.69. The molecule has 13 heteroatoms. The molecule has 0 aromatic carbocycles. The topological polar surface area (TPSA) is 120 Å². The van der Waals surface area contributed by atoms with Crippen LogP contribution in [0.4, 0.5) is 18.9 Å². The molecule has 2 N–H and O–H groups in total. The molecule has 0 bridgehead atoms. The van der Waals surface area contributed by atoms with Crippen LogP contribution >= 0.6 is 0 Å². The first kappa shape index (κ1) is 22.0. The van der Waals surface area contributed by atoms with Crippen LogP contribution in [-0.4, -0.2) is 48.1 Å². The smallest absolute Gasteiger partial charge is 0.356 e. The zero-order chi connectivity index (χ0) is 23.9. The molecule has 2 fully saturated rings. The number of carbonyl (C=O) groups is 2. The standard InChI is InChI=1S/C21H21F3N8O2/c22-21(23,24)18-16(20(34)30-12-8-13(10-25-9-12)32-27-6-7-28-32)11-29-31(18)17-3-1-2-15-14(17)4-5-26-19(15)33/h6-11,14-15,17H,1-5H2,(H,26,33)(H,30,34). The highest BCUT2D eigenvalue weighted by atomic mass is 19.4. The van der Waals surface area contributed by atoms with Gasteiger partial charge in [-0.05, 0) is 31.2 Å². The first-order valence-corrected chi connectivity index (χ1v) is 10.9. The van der Waals surface area contributed by atoms with Gasteiger partial charge in [-0.25, -0.2) is 0 Å². The maximum Gasteiger partial charge on any atom is 0.433 e. The molecule has 0 spiro atoms. The first-order chi connectivity index (χ1) is 16.3. The number of halogens is 3. The monoisotopic (exact) mass is 474 g/mol. The van der Waals surface area contributed by atoms with Crippen molar-refractivity contribution in [3.63, 3.8) is 0 Å². The Morgan fingerprint density at radius 3 is 2.65 bits per heavy atom. The number of rotatable bonds is 4. The summed E-state index contributed by atoms with van der Waals surface area (Å²) in [6, 6.07) is 0.883. The Balaban J connectivity index is 1.46. The van der Waals surface area contributed by atoms with Crippen molar-refractivity contribution >= 4 is 17.5 Å². The molecule has 4 heterocycles. The quantitative estimate of drug-likeness (QED) is 0.600. The lowest BCUT2D eigenvalue weighted by molar-refractivity contribution is -0.147. The molecular weight excluding hydrogens is 453 g/mol. The minimum Gasteiger partial charge on any atom is -0.356 e. The summed E-state index contributed by atoms with van der Waals surface area (Å²) in [5, 5.41) is 17.2. The molecule has 2 aliphatic rings. The van der Waals surface area contributed by atoms with Crippen LogP contribution in [-0.2, 0) is 11.0 Å². The van der Waals surface area contributed by atoms with Crippen molar-refractivity contribution in [2.24, 2.45) is 11.8 Å². The molecule has 1 aliphatic heterocycles. The summed E-state index contributed by atoms with van der Waals surface area (Å²) >= 11 is 0. The van der Waals surface area contributed by atoms with Crippen LogP contribution in [0.2, 0.25) is 0 Å². The maximum atomic E-state index is 14.2. The van der Waals surface area contributed by atoms with Crippen LogP contribution in [0.3, 0.4) is 0 Å². The molecule has 0 radical (unpaired) electrons. The summed E-state index contributed by atoms with van der Waals surface area (Å²) in [7, 11) is 0.